The van der Waals surface area contributed by atoms with Gasteiger partial charge in [0.05, 0.1) is 13.7 Å². The number of nitrogens with one attached hydrogen (secondary N) is 2. The molecule has 1 aliphatic rings. The Balaban J connectivity index is 0. The Kier molecular flexibility index (Phi) is 17.2. The van der Waals surface area contributed by atoms with Crippen molar-refractivity contribution < 1.29 is 9.47 Å². The molecule has 0 aliphatic carbocycles. The van der Waals surface area contributed by atoms with Crippen LogP contribution in [0.3, 0.4) is 0 Å². The molecule has 0 amide bonds. The van der Waals surface area contributed by atoms with E-state index in [-0.39, 0.29) is 37.2 Å². The van der Waals surface area contributed by atoms with Gasteiger partial charge in [-0.3, -0.25) is 4.90 Å². The molecule has 2 N–H and O–H groups in total. The van der Waals surface area contributed by atoms with Gasteiger partial charge in [0, 0.05) is 51.4 Å². The van der Waals surface area contributed by atoms with Gasteiger partial charge in [-0.1, -0.05) is 12.1 Å². The van der Waals surface area contributed by atoms with Gasteiger partial charge in [0.1, 0.15) is 0 Å². The second-order valence-corrected chi connectivity index (χ2v) is 5.98. The maximum atomic E-state index is 5.77. The summed E-state index contributed by atoms with van der Waals surface area (Å²) in [7, 11) is 1.69. The summed E-state index contributed by atoms with van der Waals surface area (Å²) in [6.45, 7) is 13.9. The summed E-state index contributed by atoms with van der Waals surface area (Å²) < 4.78 is 11.3. The van der Waals surface area contributed by atoms with Crippen LogP contribution in [0.5, 0.6) is 11.5 Å². The van der Waals surface area contributed by atoms with E-state index in [1.807, 2.05) is 13.0 Å². The molecule has 2 rings (SSSR count). The molecule has 1 saturated heterocycles. The zero-order chi connectivity index (χ0) is 17.2. The summed E-state index contributed by atoms with van der Waals surface area (Å²) in [5.41, 5.74) is 2.34. The Morgan fingerprint density at radius 3 is 2.52 bits per heavy atom. The van der Waals surface area contributed by atoms with Crippen LogP contribution in [-0.4, -0.2) is 57.9 Å². The van der Waals surface area contributed by atoms with Crippen LogP contribution in [0.4, 0.5) is 0 Å². The van der Waals surface area contributed by atoms with Gasteiger partial charge in [-0.25, -0.2) is 0 Å². The number of halogens is 3. The highest BCUT2D eigenvalue weighted by atomic mass is 35.5. The Morgan fingerprint density at radius 2 is 1.93 bits per heavy atom. The van der Waals surface area contributed by atoms with Gasteiger partial charge in [0.15, 0.2) is 11.5 Å². The van der Waals surface area contributed by atoms with E-state index in [1.54, 1.807) is 7.11 Å². The minimum atomic E-state index is 0. The van der Waals surface area contributed by atoms with Crippen molar-refractivity contribution in [2.24, 2.45) is 0 Å². The fourth-order valence-corrected chi connectivity index (χ4v) is 3.00. The van der Waals surface area contributed by atoms with Crippen molar-refractivity contribution in [3.63, 3.8) is 0 Å². The predicted molar refractivity (Wildman–Crippen MR) is 121 cm³/mol. The number of ether oxygens (including phenoxy) is 2. The van der Waals surface area contributed by atoms with Crippen molar-refractivity contribution >= 4 is 37.2 Å². The number of rotatable bonds is 10. The normalized spacial score (nSPS) is 13.6. The highest BCUT2D eigenvalue weighted by Gasteiger charge is 2.12. The Hall–Kier alpha value is -0.690. The van der Waals surface area contributed by atoms with Gasteiger partial charge in [0.2, 0.25) is 0 Å². The van der Waals surface area contributed by atoms with Gasteiger partial charge in [-0.05, 0) is 25.0 Å². The minimum absolute atomic E-state index is 0. The molecule has 1 fully saturated rings. The number of nitrogens with zero attached hydrogens (tertiary/aromatic N) is 1. The van der Waals surface area contributed by atoms with E-state index in [2.05, 4.69) is 34.2 Å². The molecular weight excluding hydrogens is 409 g/mol. The summed E-state index contributed by atoms with van der Waals surface area (Å²) >= 11 is 0. The van der Waals surface area contributed by atoms with Crippen molar-refractivity contribution in [2.75, 3.05) is 53.0 Å². The second-order valence-electron chi connectivity index (χ2n) is 5.98. The average molecular weight is 443 g/mol. The zero-order valence-corrected chi connectivity index (χ0v) is 18.7. The smallest absolute Gasteiger partial charge is 0.164 e. The quantitative estimate of drug-likeness (QED) is 0.431. The number of benzene rings is 1. The number of allylic oxidation sites excluding steroid dienone is 1. The van der Waals surface area contributed by atoms with E-state index in [0.29, 0.717) is 6.61 Å². The molecule has 0 saturated carbocycles. The topological polar surface area (TPSA) is 45.8 Å². The monoisotopic (exact) mass is 441 g/mol. The molecule has 1 heterocycles. The Morgan fingerprint density at radius 1 is 1.22 bits per heavy atom. The summed E-state index contributed by atoms with van der Waals surface area (Å²) in [5, 5.41) is 6.92. The van der Waals surface area contributed by atoms with Gasteiger partial charge >= 0.3 is 0 Å². The molecule has 0 spiro atoms. The Labute approximate surface area is 182 Å². The van der Waals surface area contributed by atoms with E-state index in [1.165, 1.54) is 5.56 Å². The lowest BCUT2D eigenvalue weighted by Gasteiger charge is -2.27. The predicted octanol–water partition coefficient (Wildman–Crippen LogP) is 3.08. The van der Waals surface area contributed by atoms with Crippen molar-refractivity contribution in [2.45, 2.75) is 19.9 Å². The van der Waals surface area contributed by atoms with E-state index in [4.69, 9.17) is 9.47 Å². The molecule has 0 radical (unpaired) electrons. The number of piperazine rings is 1. The first-order chi connectivity index (χ1) is 11.8. The fourth-order valence-electron chi connectivity index (χ4n) is 3.00. The average Bonchev–Trinajstić information content (AvgIpc) is 2.61. The van der Waals surface area contributed by atoms with Crippen molar-refractivity contribution in [1.29, 1.82) is 0 Å². The van der Waals surface area contributed by atoms with E-state index < -0.39 is 0 Å². The van der Waals surface area contributed by atoms with Crippen LogP contribution in [0.2, 0.25) is 0 Å². The molecule has 1 aliphatic heterocycles. The molecule has 27 heavy (non-hydrogen) atoms. The summed E-state index contributed by atoms with van der Waals surface area (Å²) in [5.74, 6) is 1.64. The number of hydrogen-bond donors (Lipinski definition) is 2. The molecule has 158 valence electrons. The lowest BCUT2D eigenvalue weighted by molar-refractivity contribution is 0.241. The summed E-state index contributed by atoms with van der Waals surface area (Å²) in [6.07, 6.45) is 2.68. The van der Waals surface area contributed by atoms with Gasteiger partial charge in [-0.15, -0.1) is 43.8 Å². The SMILES string of the molecule is C=CCc1cc(CNCCN2CCNCC2)cc(OC)c1OCC.Cl.Cl.Cl. The molecule has 8 heteroatoms. The zero-order valence-electron chi connectivity index (χ0n) is 16.3. The summed E-state index contributed by atoms with van der Waals surface area (Å²) in [6, 6.07) is 4.25. The fraction of sp³-hybridized carbons (Fsp3) is 0.579. The lowest BCUT2D eigenvalue weighted by Crippen LogP contribution is -2.45. The van der Waals surface area contributed by atoms with Crippen LogP contribution < -0.4 is 20.1 Å². The number of methoxy groups -OCH3 is 1. The van der Waals surface area contributed by atoms with E-state index in [9.17, 15) is 0 Å². The van der Waals surface area contributed by atoms with Gasteiger partial charge in [-0.2, -0.15) is 0 Å². The van der Waals surface area contributed by atoms with E-state index >= 15 is 0 Å². The molecule has 1 aromatic rings. The molecule has 0 atom stereocenters. The first kappa shape index (κ1) is 28.5. The van der Waals surface area contributed by atoms with Crippen LogP contribution >= 0.6 is 37.2 Å². The minimum Gasteiger partial charge on any atom is -0.493 e. The van der Waals surface area contributed by atoms with Crippen LogP contribution in [0, 0.1) is 0 Å². The lowest BCUT2D eigenvalue weighted by atomic mass is 10.1. The maximum Gasteiger partial charge on any atom is 0.164 e. The molecule has 1 aromatic carbocycles. The first-order valence-electron chi connectivity index (χ1n) is 8.85. The second kappa shape index (κ2) is 16.3. The molecule has 5 nitrogen and oxygen atoms in total. The van der Waals surface area contributed by atoms with Gasteiger partial charge < -0.3 is 20.1 Å². The highest BCUT2D eigenvalue weighted by molar-refractivity contribution is 5.86. The highest BCUT2D eigenvalue weighted by Crippen LogP contribution is 2.33. The third-order valence-electron chi connectivity index (χ3n) is 4.21. The largest absolute Gasteiger partial charge is 0.493 e. The van der Waals surface area contributed by atoms with Crippen LogP contribution in [-0.2, 0) is 13.0 Å². The number of hydrogen-bond acceptors (Lipinski definition) is 5. The first-order valence-corrected chi connectivity index (χ1v) is 8.85. The molecular formula is C19H34Cl3N3O2. The third kappa shape index (κ3) is 9.37. The van der Waals surface area contributed by atoms with Crippen LogP contribution in [0.25, 0.3) is 0 Å². The van der Waals surface area contributed by atoms with Crippen molar-refractivity contribution in [3.05, 3.63) is 35.9 Å². The van der Waals surface area contributed by atoms with Crippen LogP contribution in [0.1, 0.15) is 18.1 Å². The third-order valence-corrected chi connectivity index (χ3v) is 4.21. The maximum absolute atomic E-state index is 5.77. The summed E-state index contributed by atoms with van der Waals surface area (Å²) in [4.78, 5) is 2.49. The van der Waals surface area contributed by atoms with Crippen molar-refractivity contribution in [1.82, 2.24) is 15.5 Å². The van der Waals surface area contributed by atoms with Crippen LogP contribution in [0.15, 0.2) is 24.8 Å². The standard InChI is InChI=1S/C19H31N3O2.3ClH/c1-4-6-17-13-16(14-18(23-3)19(17)24-5-2)15-21-9-12-22-10-7-20-8-11-22;;;/h4,13-14,20-21H,1,5-12,15H2,2-3H3;3*1H. The molecule has 0 aromatic heterocycles. The molecule has 0 bridgehead atoms. The van der Waals surface area contributed by atoms with Crippen molar-refractivity contribution in [3.8, 4) is 11.5 Å². The van der Waals surface area contributed by atoms with Gasteiger partial charge in [0.25, 0.3) is 0 Å². The molecule has 0 unspecified atom stereocenters. The van der Waals surface area contributed by atoms with E-state index in [0.717, 1.165) is 69.3 Å². The Bertz CT molecular complexity index is 527.